The Bertz CT molecular complexity index is 1030. The second-order valence-electron chi connectivity index (χ2n) is 8.91. The monoisotopic (exact) mass is 485 g/mol. The first-order valence-corrected chi connectivity index (χ1v) is 11.1. The maximum atomic E-state index is 13.2. The van der Waals surface area contributed by atoms with Crippen LogP contribution >= 0.6 is 0 Å². The Hall–Kier alpha value is -2.75. The summed E-state index contributed by atoms with van der Waals surface area (Å²) in [5, 5.41) is 2.67. The zero-order valence-electron chi connectivity index (χ0n) is 18.6. The lowest BCUT2D eigenvalue weighted by Gasteiger charge is -2.37. The van der Waals surface area contributed by atoms with Crippen molar-refractivity contribution >= 4 is 11.6 Å². The number of fused-ring (bicyclic) bond motifs is 1. The molecule has 2 aliphatic rings. The molecule has 1 aliphatic heterocycles. The summed E-state index contributed by atoms with van der Waals surface area (Å²) in [7, 11) is 2.06. The fraction of sp³-hybridized carbons (Fsp3) is 0.458. The summed E-state index contributed by atoms with van der Waals surface area (Å²) in [6.45, 7) is 3.55. The molecule has 10 heteroatoms. The van der Waals surface area contributed by atoms with Crippen molar-refractivity contribution in [3.05, 3.63) is 64.2 Å². The maximum Gasteiger partial charge on any atom is 0.416 e. The van der Waals surface area contributed by atoms with Gasteiger partial charge in [0.15, 0.2) is 0 Å². The molecule has 0 spiro atoms. The van der Waals surface area contributed by atoms with Gasteiger partial charge in [0.2, 0.25) is 0 Å². The molecule has 1 aliphatic carbocycles. The minimum Gasteiger partial charge on any atom is -0.369 e. The molecule has 1 N–H and O–H groups in total. The van der Waals surface area contributed by atoms with E-state index in [0.29, 0.717) is 31.4 Å². The minimum atomic E-state index is -5.00. The van der Waals surface area contributed by atoms with E-state index < -0.39 is 41.0 Å². The molecule has 4 nitrogen and oxygen atoms in total. The van der Waals surface area contributed by atoms with Gasteiger partial charge in [-0.05, 0) is 61.7 Å². The highest BCUT2D eigenvalue weighted by Crippen LogP contribution is 2.37. The average molecular weight is 485 g/mol. The molecule has 0 bridgehead atoms. The molecule has 1 saturated heterocycles. The van der Waals surface area contributed by atoms with Crippen molar-refractivity contribution in [3.63, 3.8) is 0 Å². The summed E-state index contributed by atoms with van der Waals surface area (Å²) in [4.78, 5) is 17.3. The molecule has 1 fully saturated rings. The van der Waals surface area contributed by atoms with E-state index in [4.69, 9.17) is 0 Å². The van der Waals surface area contributed by atoms with Crippen LogP contribution in [0.5, 0.6) is 0 Å². The van der Waals surface area contributed by atoms with Crippen LogP contribution in [0.15, 0.2) is 36.4 Å². The van der Waals surface area contributed by atoms with Crippen LogP contribution in [0.2, 0.25) is 0 Å². The van der Waals surface area contributed by atoms with E-state index in [2.05, 4.69) is 22.2 Å². The quantitative estimate of drug-likeness (QED) is 0.637. The van der Waals surface area contributed by atoms with Crippen molar-refractivity contribution in [3.8, 4) is 0 Å². The summed E-state index contributed by atoms with van der Waals surface area (Å²) in [5.41, 5.74) is -0.357. The van der Waals surface area contributed by atoms with Gasteiger partial charge < -0.3 is 15.1 Å². The van der Waals surface area contributed by atoms with Gasteiger partial charge in [-0.3, -0.25) is 4.79 Å². The Morgan fingerprint density at radius 2 is 1.56 bits per heavy atom. The molecule has 1 heterocycles. The van der Waals surface area contributed by atoms with Crippen LogP contribution in [-0.4, -0.2) is 50.1 Å². The highest BCUT2D eigenvalue weighted by Gasteiger charge is 2.38. The number of likely N-dealkylation sites (N-methyl/N-ethyl adjacent to an activating group) is 1. The molecule has 34 heavy (non-hydrogen) atoms. The smallest absolute Gasteiger partial charge is 0.369 e. The average Bonchev–Trinajstić information content (AvgIpc) is 2.78. The van der Waals surface area contributed by atoms with Crippen LogP contribution in [-0.2, 0) is 25.2 Å². The lowest BCUT2D eigenvalue weighted by molar-refractivity contribution is -0.143. The van der Waals surface area contributed by atoms with E-state index >= 15 is 0 Å². The highest BCUT2D eigenvalue weighted by molar-refractivity contribution is 5.95. The predicted octanol–water partition coefficient (Wildman–Crippen LogP) is 4.76. The number of rotatable bonds is 3. The van der Waals surface area contributed by atoms with Crippen molar-refractivity contribution in [2.24, 2.45) is 0 Å². The van der Waals surface area contributed by atoms with Crippen LogP contribution in [0.4, 0.5) is 32.0 Å². The zero-order chi connectivity index (χ0) is 24.7. The summed E-state index contributed by atoms with van der Waals surface area (Å²) < 4.78 is 79.0. The highest BCUT2D eigenvalue weighted by atomic mass is 19.4. The first kappa shape index (κ1) is 24.4. The lowest BCUT2D eigenvalue weighted by Crippen LogP contribution is -2.45. The number of benzene rings is 2. The van der Waals surface area contributed by atoms with Crippen LogP contribution in [0.1, 0.15) is 39.0 Å². The van der Waals surface area contributed by atoms with Crippen LogP contribution in [0.3, 0.4) is 0 Å². The van der Waals surface area contributed by atoms with Gasteiger partial charge in [-0.25, -0.2) is 0 Å². The second kappa shape index (κ2) is 9.13. The number of halogens is 6. The normalized spacial score (nSPS) is 19.6. The standard InChI is InChI=1S/C24H25F6N3O/c1-32-7-9-33(10-8-32)21-4-2-3-15-5-6-19(14-20(15)21)31-22(34)16-11-17(23(25,26)27)13-18(12-16)24(28,29)30/h2-4,11-13,19H,5-10,14H2,1H3,(H,31,34). The van der Waals surface area contributed by atoms with E-state index in [-0.39, 0.29) is 6.07 Å². The van der Waals surface area contributed by atoms with E-state index in [0.717, 1.165) is 43.0 Å². The zero-order valence-corrected chi connectivity index (χ0v) is 18.6. The minimum absolute atomic E-state index is 0.0238. The van der Waals surface area contributed by atoms with Crippen LogP contribution in [0.25, 0.3) is 0 Å². The third-order valence-electron chi connectivity index (χ3n) is 6.49. The molecule has 4 rings (SSSR count). The number of hydrogen-bond acceptors (Lipinski definition) is 3. The van der Waals surface area contributed by atoms with Crippen molar-refractivity contribution in [2.75, 3.05) is 38.1 Å². The Morgan fingerprint density at radius 1 is 0.941 bits per heavy atom. The summed E-state index contributed by atoms with van der Waals surface area (Å²) in [6, 6.07) is 6.61. The first-order valence-electron chi connectivity index (χ1n) is 11.1. The third kappa shape index (κ3) is 5.32. The number of hydrogen-bond donors (Lipinski definition) is 1. The van der Waals surface area contributed by atoms with E-state index in [1.165, 1.54) is 0 Å². The van der Waals surface area contributed by atoms with Gasteiger partial charge in [-0.2, -0.15) is 26.3 Å². The third-order valence-corrected chi connectivity index (χ3v) is 6.49. The number of piperazine rings is 1. The number of amides is 1. The van der Waals surface area contributed by atoms with E-state index in [1.54, 1.807) is 0 Å². The number of nitrogens with one attached hydrogen (secondary N) is 1. The van der Waals surface area contributed by atoms with Gasteiger partial charge in [-0.1, -0.05) is 12.1 Å². The molecular weight excluding hydrogens is 460 g/mol. The molecule has 0 radical (unpaired) electrons. The van der Waals surface area contributed by atoms with Crippen LogP contribution < -0.4 is 10.2 Å². The van der Waals surface area contributed by atoms with Crippen molar-refractivity contribution in [1.82, 2.24) is 10.2 Å². The molecule has 184 valence electrons. The number of anilines is 1. The molecular formula is C24H25F6N3O. The molecule has 1 amide bonds. The van der Waals surface area contributed by atoms with Gasteiger partial charge in [-0.15, -0.1) is 0 Å². The van der Waals surface area contributed by atoms with Crippen molar-refractivity contribution in [1.29, 1.82) is 0 Å². The topological polar surface area (TPSA) is 35.6 Å². The van der Waals surface area contributed by atoms with Gasteiger partial charge in [0.25, 0.3) is 5.91 Å². The Morgan fingerprint density at radius 3 is 2.15 bits per heavy atom. The Kier molecular flexibility index (Phi) is 6.54. The molecule has 2 aromatic carbocycles. The fourth-order valence-electron chi connectivity index (χ4n) is 4.59. The lowest BCUT2D eigenvalue weighted by atomic mass is 9.86. The number of alkyl halides is 6. The molecule has 2 aromatic rings. The number of carbonyl (C=O) groups is 1. The Balaban J connectivity index is 1.55. The summed E-state index contributed by atoms with van der Waals surface area (Å²) in [6.07, 6.45) is -8.32. The summed E-state index contributed by atoms with van der Waals surface area (Å²) in [5.74, 6) is -0.942. The largest absolute Gasteiger partial charge is 0.416 e. The number of aryl methyl sites for hydroxylation is 1. The second-order valence-corrected chi connectivity index (χ2v) is 8.91. The fourth-order valence-corrected chi connectivity index (χ4v) is 4.59. The summed E-state index contributed by atoms with van der Waals surface area (Å²) >= 11 is 0. The van der Waals surface area contributed by atoms with Gasteiger partial charge >= 0.3 is 12.4 Å². The van der Waals surface area contributed by atoms with Gasteiger partial charge in [0, 0.05) is 43.5 Å². The Labute approximate surface area is 193 Å². The van der Waals surface area contributed by atoms with Crippen molar-refractivity contribution < 1.29 is 31.1 Å². The van der Waals surface area contributed by atoms with E-state index in [1.807, 2.05) is 18.2 Å². The van der Waals surface area contributed by atoms with Crippen LogP contribution in [0, 0.1) is 0 Å². The SMILES string of the molecule is CN1CCN(c2cccc3c2CC(NC(=O)c2cc(C(F)(F)F)cc(C(F)(F)F)c2)CC3)CC1. The van der Waals surface area contributed by atoms with Crippen molar-refractivity contribution in [2.45, 2.75) is 37.7 Å². The molecule has 1 atom stereocenters. The molecule has 0 aromatic heterocycles. The first-order chi connectivity index (χ1) is 15.9. The molecule has 1 unspecified atom stereocenters. The van der Waals surface area contributed by atoms with Gasteiger partial charge in [0.05, 0.1) is 11.1 Å². The molecule has 0 saturated carbocycles. The number of carbonyl (C=O) groups excluding carboxylic acids is 1. The van der Waals surface area contributed by atoms with E-state index in [9.17, 15) is 31.1 Å². The predicted molar refractivity (Wildman–Crippen MR) is 116 cm³/mol. The van der Waals surface area contributed by atoms with Gasteiger partial charge in [0.1, 0.15) is 0 Å². The number of nitrogens with zero attached hydrogens (tertiary/aromatic N) is 2. The maximum absolute atomic E-state index is 13.2.